The molecule has 0 aromatic carbocycles. The van der Waals surface area contributed by atoms with E-state index in [-0.39, 0.29) is 10.7 Å². The van der Waals surface area contributed by atoms with Crippen molar-refractivity contribution < 1.29 is 13.2 Å². The Morgan fingerprint density at radius 1 is 1.20 bits per heavy atom. The Balaban J connectivity index is 1.90. The van der Waals surface area contributed by atoms with E-state index in [4.69, 9.17) is 0 Å². The van der Waals surface area contributed by atoms with Gasteiger partial charge < -0.3 is 0 Å². The van der Waals surface area contributed by atoms with Crippen molar-refractivity contribution in [3.63, 3.8) is 0 Å². The zero-order chi connectivity index (χ0) is 14.1. The third-order valence-electron chi connectivity index (χ3n) is 3.21. The number of pyridine rings is 1. The van der Waals surface area contributed by atoms with Crippen molar-refractivity contribution in [3.8, 4) is 16.9 Å². The second-order valence-corrected chi connectivity index (χ2v) is 5.47. The molecule has 0 N–H and O–H groups in total. The lowest BCUT2D eigenvalue weighted by molar-refractivity contribution is -0.137. The van der Waals surface area contributed by atoms with E-state index in [2.05, 4.69) is 4.98 Å². The van der Waals surface area contributed by atoms with Crippen LogP contribution in [0.1, 0.15) is 5.56 Å². The van der Waals surface area contributed by atoms with Gasteiger partial charge in [0.1, 0.15) is 5.82 Å². The Labute approximate surface area is 113 Å². The van der Waals surface area contributed by atoms with Crippen LogP contribution in [-0.2, 0) is 6.18 Å². The van der Waals surface area contributed by atoms with Crippen molar-refractivity contribution in [1.29, 1.82) is 0 Å². The van der Waals surface area contributed by atoms with Gasteiger partial charge in [-0.1, -0.05) is 11.3 Å². The number of fused-ring (bicyclic) bond motifs is 3. The molecule has 2 aromatic rings. The molecule has 0 spiro atoms. The highest BCUT2D eigenvalue weighted by molar-refractivity contribution is 7.16. The molecule has 0 aliphatic heterocycles. The monoisotopic (exact) mass is 294 g/mol. The third kappa shape index (κ3) is 1.53. The number of thiazole rings is 1. The van der Waals surface area contributed by atoms with Crippen molar-refractivity contribution in [2.24, 2.45) is 0 Å². The van der Waals surface area contributed by atoms with Gasteiger partial charge in [-0.05, 0) is 29.8 Å². The number of benzene rings is 1. The summed E-state index contributed by atoms with van der Waals surface area (Å²) >= 11 is 1.07. The molecule has 20 heavy (non-hydrogen) atoms. The molecule has 0 saturated carbocycles. The second kappa shape index (κ2) is 3.49. The van der Waals surface area contributed by atoms with Crippen LogP contribution >= 0.6 is 11.3 Å². The first-order chi connectivity index (χ1) is 9.45. The van der Waals surface area contributed by atoms with Gasteiger partial charge in [-0.3, -0.25) is 9.36 Å². The van der Waals surface area contributed by atoms with Crippen molar-refractivity contribution in [1.82, 2.24) is 9.55 Å². The smallest absolute Gasteiger partial charge is 0.256 e. The standard InChI is InChI=1S/C13H5F3N2OS/c14-13(15,16)7-1-2-10(17-5-7)18-11-8-3-6(8)4-9(11)20-12(18)19/h1-5H. The fourth-order valence-electron chi connectivity index (χ4n) is 2.22. The van der Waals surface area contributed by atoms with E-state index in [9.17, 15) is 18.0 Å². The van der Waals surface area contributed by atoms with E-state index in [0.717, 1.165) is 44.9 Å². The summed E-state index contributed by atoms with van der Waals surface area (Å²) in [6.07, 6.45) is -3.68. The molecule has 0 fully saturated rings. The summed E-state index contributed by atoms with van der Waals surface area (Å²) in [5.41, 5.74) is 1.96. The summed E-state index contributed by atoms with van der Waals surface area (Å²) < 4.78 is 39.7. The minimum atomic E-state index is -4.43. The molecular formula is C13H5F3N2OS. The highest BCUT2D eigenvalue weighted by Crippen LogP contribution is 2.44. The Bertz CT molecular complexity index is 906. The molecule has 2 aliphatic rings. The molecule has 2 heterocycles. The number of alkyl halides is 3. The minimum Gasteiger partial charge on any atom is -0.256 e. The van der Waals surface area contributed by atoms with Crippen molar-refractivity contribution in [3.05, 3.63) is 45.7 Å². The average Bonchev–Trinajstić information content (AvgIpc) is 2.93. The van der Waals surface area contributed by atoms with Gasteiger partial charge >= 0.3 is 11.0 Å². The van der Waals surface area contributed by atoms with E-state index in [1.807, 2.05) is 12.1 Å². The number of hydrogen-bond donors (Lipinski definition) is 0. The van der Waals surface area contributed by atoms with E-state index in [1.165, 1.54) is 10.6 Å². The molecule has 0 amide bonds. The highest BCUT2D eigenvalue weighted by atomic mass is 32.1. The van der Waals surface area contributed by atoms with Crippen molar-refractivity contribution >= 4 is 21.6 Å². The van der Waals surface area contributed by atoms with Crippen LogP contribution in [0.5, 0.6) is 0 Å². The predicted octanol–water partition coefficient (Wildman–Crippen LogP) is 3.45. The zero-order valence-electron chi connectivity index (χ0n) is 9.73. The van der Waals surface area contributed by atoms with Crippen LogP contribution in [0.15, 0.2) is 35.3 Å². The fourth-order valence-corrected chi connectivity index (χ4v) is 3.17. The first kappa shape index (κ1) is 11.7. The molecule has 0 radical (unpaired) electrons. The van der Waals surface area contributed by atoms with Gasteiger partial charge in [0.15, 0.2) is 0 Å². The van der Waals surface area contributed by atoms with Crippen LogP contribution in [0, 0.1) is 0 Å². The maximum absolute atomic E-state index is 12.5. The molecule has 7 heteroatoms. The van der Waals surface area contributed by atoms with Crippen molar-refractivity contribution in [2.75, 3.05) is 0 Å². The first-order valence-corrected chi connectivity index (χ1v) is 6.50. The topological polar surface area (TPSA) is 34.9 Å². The van der Waals surface area contributed by atoms with Crippen LogP contribution in [0.3, 0.4) is 0 Å². The quantitative estimate of drug-likeness (QED) is 0.539. The molecule has 0 atom stereocenters. The maximum Gasteiger partial charge on any atom is 0.417 e. The van der Waals surface area contributed by atoms with E-state index >= 15 is 0 Å². The van der Waals surface area contributed by atoms with Gasteiger partial charge in [-0.2, -0.15) is 13.2 Å². The minimum absolute atomic E-state index is 0.211. The predicted molar refractivity (Wildman–Crippen MR) is 69.2 cm³/mol. The van der Waals surface area contributed by atoms with Gasteiger partial charge in [0.05, 0.1) is 15.8 Å². The average molecular weight is 294 g/mol. The van der Waals surface area contributed by atoms with Gasteiger partial charge in [0.2, 0.25) is 0 Å². The number of aromatic nitrogens is 2. The third-order valence-corrected chi connectivity index (χ3v) is 4.10. The molecular weight excluding hydrogens is 289 g/mol. The Morgan fingerprint density at radius 3 is 2.65 bits per heavy atom. The van der Waals surface area contributed by atoms with Gasteiger partial charge in [-0.25, -0.2) is 4.98 Å². The molecule has 0 bridgehead atoms. The molecule has 2 aliphatic carbocycles. The maximum atomic E-state index is 12.5. The molecule has 3 nitrogen and oxygen atoms in total. The number of nitrogens with zero attached hydrogens (tertiary/aromatic N) is 2. The van der Waals surface area contributed by atoms with E-state index < -0.39 is 11.7 Å². The summed E-state index contributed by atoms with van der Waals surface area (Å²) in [5, 5.41) is 0. The van der Waals surface area contributed by atoms with Crippen LogP contribution in [0.4, 0.5) is 13.2 Å². The number of hydrogen-bond acceptors (Lipinski definition) is 3. The Kier molecular flexibility index (Phi) is 2.03. The summed E-state index contributed by atoms with van der Waals surface area (Å²) in [6.45, 7) is 0. The number of halogens is 3. The Morgan fingerprint density at radius 2 is 2.00 bits per heavy atom. The second-order valence-electron chi connectivity index (χ2n) is 4.48. The fraction of sp³-hybridized carbons (Fsp3) is 0.0769. The lowest BCUT2D eigenvalue weighted by atomic mass is 10.3. The summed E-state index contributed by atoms with van der Waals surface area (Å²) in [5.74, 6) is 0.211. The normalized spacial score (nSPS) is 12.9. The lowest BCUT2D eigenvalue weighted by Gasteiger charge is -2.07. The van der Waals surface area contributed by atoms with Gasteiger partial charge in [0.25, 0.3) is 0 Å². The van der Waals surface area contributed by atoms with Crippen LogP contribution in [-0.4, -0.2) is 9.55 Å². The summed E-state index contributed by atoms with van der Waals surface area (Å²) in [4.78, 5) is 15.5. The van der Waals surface area contributed by atoms with Crippen LogP contribution < -0.4 is 4.87 Å². The summed E-state index contributed by atoms with van der Waals surface area (Å²) in [6, 6.07) is 5.98. The molecule has 0 saturated heterocycles. The largest absolute Gasteiger partial charge is 0.417 e. The van der Waals surface area contributed by atoms with Gasteiger partial charge in [0, 0.05) is 11.8 Å². The molecule has 0 unspecified atom stereocenters. The Hall–Kier alpha value is -2.15. The first-order valence-electron chi connectivity index (χ1n) is 5.69. The van der Waals surface area contributed by atoms with E-state index in [0.29, 0.717) is 0 Å². The number of rotatable bonds is 1. The summed E-state index contributed by atoms with van der Waals surface area (Å²) in [7, 11) is 0. The highest BCUT2D eigenvalue weighted by Gasteiger charge is 2.31. The molecule has 2 aromatic heterocycles. The van der Waals surface area contributed by atoms with E-state index in [1.54, 1.807) is 0 Å². The van der Waals surface area contributed by atoms with Crippen LogP contribution in [0.25, 0.3) is 27.2 Å². The lowest BCUT2D eigenvalue weighted by Crippen LogP contribution is -2.13. The SMILES string of the molecule is O=c1sc2cc3cc-3c2n1-c1ccc(C(F)(F)F)cn1. The molecule has 4 rings (SSSR count). The molecule has 100 valence electrons. The van der Waals surface area contributed by atoms with Crippen LogP contribution in [0.2, 0.25) is 0 Å². The van der Waals surface area contributed by atoms with Gasteiger partial charge in [-0.15, -0.1) is 0 Å². The van der Waals surface area contributed by atoms with Crippen molar-refractivity contribution in [2.45, 2.75) is 6.18 Å². The zero-order valence-corrected chi connectivity index (χ0v) is 10.5.